The number of anilines is 1. The normalized spacial score (nSPS) is 10.7. The van der Waals surface area contributed by atoms with E-state index >= 15 is 0 Å². The Morgan fingerprint density at radius 3 is 2.80 bits per heavy atom. The lowest BCUT2D eigenvalue weighted by molar-refractivity contribution is 0.684. The molecule has 0 saturated carbocycles. The van der Waals surface area contributed by atoms with Gasteiger partial charge in [0.2, 0.25) is 10.3 Å². The third-order valence-electron chi connectivity index (χ3n) is 2.92. The lowest BCUT2D eigenvalue weighted by Crippen LogP contribution is -2.00. The van der Waals surface area contributed by atoms with Gasteiger partial charge in [0, 0.05) is 23.8 Å². The Labute approximate surface area is 129 Å². The van der Waals surface area contributed by atoms with E-state index in [0.29, 0.717) is 0 Å². The number of nitrogens with one attached hydrogen (secondary N) is 1. The summed E-state index contributed by atoms with van der Waals surface area (Å²) in [7, 11) is 0. The van der Waals surface area contributed by atoms with Crippen molar-refractivity contribution in [1.82, 2.24) is 9.36 Å². The molecule has 0 spiro atoms. The van der Waals surface area contributed by atoms with Gasteiger partial charge < -0.3 is 5.32 Å². The second-order valence-electron chi connectivity index (χ2n) is 4.64. The molecule has 0 aliphatic carbocycles. The Morgan fingerprint density at radius 2 is 2.00 bits per heavy atom. The van der Waals surface area contributed by atoms with Crippen molar-refractivity contribution in [3.8, 4) is 0 Å². The first-order valence-corrected chi connectivity index (χ1v) is 8.88. The van der Waals surface area contributed by atoms with Gasteiger partial charge in [-0.05, 0) is 12.0 Å². The predicted molar refractivity (Wildman–Crippen MR) is 88.5 cm³/mol. The molecule has 0 radical (unpaired) electrons. The predicted octanol–water partition coefficient (Wildman–Crippen LogP) is 4.82. The largest absolute Gasteiger partial charge is 0.360 e. The highest BCUT2D eigenvalue weighted by molar-refractivity contribution is 7.98. The molecule has 1 heterocycles. The van der Waals surface area contributed by atoms with Crippen LogP contribution in [0.2, 0.25) is 0 Å². The van der Waals surface area contributed by atoms with E-state index in [-0.39, 0.29) is 0 Å². The third-order valence-corrected chi connectivity index (χ3v) is 4.63. The van der Waals surface area contributed by atoms with E-state index in [0.717, 1.165) is 22.6 Å². The van der Waals surface area contributed by atoms with Crippen LogP contribution in [0.5, 0.6) is 0 Å². The van der Waals surface area contributed by atoms with E-state index < -0.39 is 0 Å². The number of nitrogens with zero attached hydrogens (tertiary/aromatic N) is 2. The maximum atomic E-state index is 4.50. The van der Waals surface area contributed by atoms with Gasteiger partial charge in [0.1, 0.15) is 0 Å². The lowest BCUT2D eigenvalue weighted by atomic mass is 10.2. The van der Waals surface area contributed by atoms with Gasteiger partial charge in [-0.15, -0.1) is 0 Å². The molecule has 0 fully saturated rings. The fraction of sp³-hybridized carbons (Fsp3) is 0.467. The molecule has 1 N–H and O–H groups in total. The summed E-state index contributed by atoms with van der Waals surface area (Å²) in [6, 6.07) is 10.4. The first-order valence-electron chi connectivity index (χ1n) is 7.13. The van der Waals surface area contributed by atoms with Crippen molar-refractivity contribution in [1.29, 1.82) is 0 Å². The smallest absolute Gasteiger partial charge is 0.203 e. The van der Waals surface area contributed by atoms with Crippen molar-refractivity contribution >= 4 is 28.4 Å². The van der Waals surface area contributed by atoms with E-state index in [9.17, 15) is 0 Å². The van der Waals surface area contributed by atoms with Crippen LogP contribution in [0.15, 0.2) is 35.5 Å². The van der Waals surface area contributed by atoms with Crippen LogP contribution >= 0.6 is 23.3 Å². The van der Waals surface area contributed by atoms with Gasteiger partial charge in [0.15, 0.2) is 0 Å². The number of aromatic nitrogens is 2. The van der Waals surface area contributed by atoms with Crippen LogP contribution in [0.4, 0.5) is 5.13 Å². The average Bonchev–Trinajstić information content (AvgIpc) is 2.94. The van der Waals surface area contributed by atoms with Gasteiger partial charge in [-0.3, -0.25) is 0 Å². The van der Waals surface area contributed by atoms with Gasteiger partial charge >= 0.3 is 0 Å². The molecule has 0 aliphatic heterocycles. The molecule has 1 aromatic heterocycles. The Bertz CT molecular complexity index is 485. The van der Waals surface area contributed by atoms with E-state index in [1.807, 2.05) is 6.07 Å². The Kier molecular flexibility index (Phi) is 6.88. The topological polar surface area (TPSA) is 37.8 Å². The summed E-state index contributed by atoms with van der Waals surface area (Å²) in [5.74, 6) is 0.924. The molecule has 0 amide bonds. The Morgan fingerprint density at radius 1 is 1.15 bits per heavy atom. The molecule has 20 heavy (non-hydrogen) atoms. The van der Waals surface area contributed by atoms with E-state index in [1.54, 1.807) is 11.8 Å². The van der Waals surface area contributed by atoms with Gasteiger partial charge in [-0.25, -0.2) is 0 Å². The molecule has 0 bridgehead atoms. The third kappa shape index (κ3) is 5.51. The summed E-state index contributed by atoms with van der Waals surface area (Å²) >= 11 is 3.15. The lowest BCUT2D eigenvalue weighted by Gasteiger charge is -2.00. The van der Waals surface area contributed by atoms with Crippen molar-refractivity contribution in [3.05, 3.63) is 35.9 Å². The van der Waals surface area contributed by atoms with Crippen LogP contribution in [0.1, 0.15) is 38.2 Å². The highest BCUT2D eigenvalue weighted by atomic mass is 32.2. The van der Waals surface area contributed by atoms with Crippen molar-refractivity contribution in [2.75, 3.05) is 11.9 Å². The highest BCUT2D eigenvalue weighted by Crippen LogP contribution is 2.23. The quantitative estimate of drug-likeness (QED) is 0.532. The van der Waals surface area contributed by atoms with Gasteiger partial charge in [-0.1, -0.05) is 68.3 Å². The Balaban J connectivity index is 1.69. The number of benzene rings is 1. The molecule has 108 valence electrons. The monoisotopic (exact) mass is 307 g/mol. The second-order valence-corrected chi connectivity index (χ2v) is 6.34. The minimum Gasteiger partial charge on any atom is -0.360 e. The Hall–Kier alpha value is -1.07. The molecule has 2 aromatic rings. The molecule has 3 nitrogen and oxygen atoms in total. The second kappa shape index (κ2) is 8.97. The standard InChI is InChI=1S/C15H21N3S2/c1-2-3-4-8-11-16-14-17-15(18-20-14)19-12-13-9-6-5-7-10-13/h5-7,9-10H,2-4,8,11-12H2,1H3,(H,16,17,18). The fourth-order valence-corrected chi connectivity index (χ4v) is 3.33. The van der Waals surface area contributed by atoms with Crippen molar-refractivity contribution < 1.29 is 0 Å². The minimum atomic E-state index is 0.870. The van der Waals surface area contributed by atoms with E-state index in [4.69, 9.17) is 0 Å². The van der Waals surface area contributed by atoms with Crippen molar-refractivity contribution in [2.45, 2.75) is 43.5 Å². The molecule has 0 saturated heterocycles. The van der Waals surface area contributed by atoms with Crippen LogP contribution in [-0.4, -0.2) is 15.9 Å². The molecular weight excluding hydrogens is 286 g/mol. The summed E-state index contributed by atoms with van der Waals surface area (Å²) in [6.07, 6.45) is 5.09. The number of thioether (sulfide) groups is 1. The number of hydrogen-bond donors (Lipinski definition) is 1. The summed E-state index contributed by atoms with van der Waals surface area (Å²) in [5, 5.41) is 5.17. The molecule has 0 atom stereocenters. The first kappa shape index (κ1) is 15.3. The zero-order chi connectivity index (χ0) is 14.0. The van der Waals surface area contributed by atoms with E-state index in [1.165, 1.54) is 42.8 Å². The van der Waals surface area contributed by atoms with Gasteiger partial charge in [0.05, 0.1) is 0 Å². The van der Waals surface area contributed by atoms with Crippen LogP contribution in [0.3, 0.4) is 0 Å². The highest BCUT2D eigenvalue weighted by Gasteiger charge is 2.04. The van der Waals surface area contributed by atoms with Crippen LogP contribution in [-0.2, 0) is 5.75 Å². The summed E-state index contributed by atoms with van der Waals surface area (Å²) in [6.45, 7) is 3.23. The van der Waals surface area contributed by atoms with Crippen LogP contribution in [0, 0.1) is 0 Å². The molecule has 0 unspecified atom stereocenters. The summed E-state index contributed by atoms with van der Waals surface area (Å²) < 4.78 is 4.38. The maximum absolute atomic E-state index is 4.50. The SMILES string of the molecule is CCCCCCNc1nc(SCc2ccccc2)ns1. The minimum absolute atomic E-state index is 0.870. The van der Waals surface area contributed by atoms with Gasteiger partial charge in [-0.2, -0.15) is 9.36 Å². The van der Waals surface area contributed by atoms with Crippen LogP contribution < -0.4 is 5.32 Å². The molecule has 2 rings (SSSR count). The fourth-order valence-electron chi connectivity index (χ4n) is 1.81. The zero-order valence-corrected chi connectivity index (χ0v) is 13.5. The van der Waals surface area contributed by atoms with E-state index in [2.05, 4.69) is 45.9 Å². The molecule has 5 heteroatoms. The number of rotatable bonds is 9. The first-order chi connectivity index (χ1) is 9.88. The molecule has 1 aromatic carbocycles. The number of unbranched alkanes of at least 4 members (excludes halogenated alkanes) is 3. The van der Waals surface area contributed by atoms with Gasteiger partial charge in [0.25, 0.3) is 0 Å². The van der Waals surface area contributed by atoms with Crippen LogP contribution in [0.25, 0.3) is 0 Å². The summed E-state index contributed by atoms with van der Waals surface area (Å²) in [5.41, 5.74) is 1.31. The number of hydrogen-bond acceptors (Lipinski definition) is 5. The summed E-state index contributed by atoms with van der Waals surface area (Å²) in [4.78, 5) is 4.50. The molecule has 0 aliphatic rings. The average molecular weight is 307 g/mol. The zero-order valence-electron chi connectivity index (χ0n) is 11.8. The maximum Gasteiger partial charge on any atom is 0.203 e. The van der Waals surface area contributed by atoms with Crippen molar-refractivity contribution in [3.63, 3.8) is 0 Å². The van der Waals surface area contributed by atoms with Crippen molar-refractivity contribution in [2.24, 2.45) is 0 Å². The molecular formula is C15H21N3S2.